The van der Waals surface area contributed by atoms with Crippen LogP contribution in [-0.4, -0.2) is 5.91 Å². The van der Waals surface area contributed by atoms with Gasteiger partial charge in [-0.1, -0.05) is 0 Å². The molecule has 2 rings (SSSR count). The molecule has 0 unspecified atom stereocenters. The van der Waals surface area contributed by atoms with Gasteiger partial charge in [0.15, 0.2) is 0 Å². The van der Waals surface area contributed by atoms with Crippen LogP contribution in [0.25, 0.3) is 0 Å². The Bertz CT molecular complexity index is 570. The minimum absolute atomic E-state index is 0.200. The van der Waals surface area contributed by atoms with Crippen molar-refractivity contribution in [2.24, 2.45) is 0 Å². The summed E-state index contributed by atoms with van der Waals surface area (Å²) in [7, 11) is 0. The number of carbonyl (C=O) groups excluding carboxylic acids is 1. The van der Waals surface area contributed by atoms with Crippen molar-refractivity contribution in [3.05, 3.63) is 44.8 Å². The van der Waals surface area contributed by atoms with Crippen molar-refractivity contribution in [1.82, 2.24) is 0 Å². The van der Waals surface area contributed by atoms with E-state index in [9.17, 15) is 9.18 Å². The first-order chi connectivity index (χ1) is 8.08. The van der Waals surface area contributed by atoms with Crippen LogP contribution in [0.1, 0.15) is 9.67 Å². The van der Waals surface area contributed by atoms with Crippen LogP contribution in [-0.2, 0) is 0 Å². The lowest BCUT2D eigenvalue weighted by molar-refractivity contribution is 0.103. The summed E-state index contributed by atoms with van der Waals surface area (Å²) in [6.07, 6.45) is 0. The van der Waals surface area contributed by atoms with Crippen molar-refractivity contribution in [2.75, 3.05) is 11.1 Å². The minimum Gasteiger partial charge on any atom is -0.397 e. The largest absolute Gasteiger partial charge is 0.397 e. The molecule has 2 aromatic rings. The van der Waals surface area contributed by atoms with Gasteiger partial charge < -0.3 is 11.1 Å². The quantitative estimate of drug-likeness (QED) is 0.834. The van der Waals surface area contributed by atoms with Crippen molar-refractivity contribution < 1.29 is 9.18 Å². The predicted molar refractivity (Wildman–Crippen MR) is 70.8 cm³/mol. The van der Waals surface area contributed by atoms with Gasteiger partial charge in [0.2, 0.25) is 0 Å². The Labute approximate surface area is 110 Å². The highest BCUT2D eigenvalue weighted by molar-refractivity contribution is 9.10. The number of nitrogen functional groups attached to an aromatic ring is 1. The molecule has 0 saturated heterocycles. The lowest BCUT2D eigenvalue weighted by Crippen LogP contribution is -2.12. The summed E-state index contributed by atoms with van der Waals surface area (Å²) in [4.78, 5) is 12.4. The van der Waals surface area contributed by atoms with E-state index < -0.39 is 5.82 Å². The number of thiophene rings is 1. The highest BCUT2D eigenvalue weighted by atomic mass is 79.9. The van der Waals surface area contributed by atoms with Crippen LogP contribution >= 0.6 is 27.3 Å². The van der Waals surface area contributed by atoms with Gasteiger partial charge in [0.05, 0.1) is 11.4 Å². The maximum Gasteiger partial charge on any atom is 0.266 e. The third-order valence-corrected chi connectivity index (χ3v) is 3.92. The molecule has 0 atom stereocenters. The second kappa shape index (κ2) is 4.85. The number of nitrogens with one attached hydrogen (secondary N) is 1. The summed E-state index contributed by atoms with van der Waals surface area (Å²) in [6.45, 7) is 0. The molecule has 0 aliphatic carbocycles. The molecule has 0 aliphatic heterocycles. The molecule has 1 amide bonds. The maximum atomic E-state index is 12.8. The van der Waals surface area contributed by atoms with E-state index >= 15 is 0 Å². The Morgan fingerprint density at radius 3 is 2.76 bits per heavy atom. The first kappa shape index (κ1) is 12.1. The molecule has 1 heterocycles. The zero-order valence-electron chi connectivity index (χ0n) is 8.54. The molecular formula is C11H8BrFN2OS. The number of amides is 1. The third kappa shape index (κ3) is 2.65. The van der Waals surface area contributed by atoms with E-state index in [2.05, 4.69) is 21.2 Å². The fourth-order valence-corrected chi connectivity index (χ4v) is 2.73. The smallest absolute Gasteiger partial charge is 0.266 e. The monoisotopic (exact) mass is 314 g/mol. The van der Waals surface area contributed by atoms with Crippen LogP contribution in [0.4, 0.5) is 15.8 Å². The SMILES string of the molecule is Nc1cc(F)ccc1NC(=O)c1sccc1Br. The second-order valence-corrected chi connectivity index (χ2v) is 5.05. The topological polar surface area (TPSA) is 55.1 Å². The molecule has 3 N–H and O–H groups in total. The Morgan fingerprint density at radius 1 is 1.41 bits per heavy atom. The van der Waals surface area contributed by atoms with Crippen molar-refractivity contribution in [3.63, 3.8) is 0 Å². The lowest BCUT2D eigenvalue weighted by atomic mass is 10.2. The average molecular weight is 315 g/mol. The van der Waals surface area contributed by atoms with E-state index in [1.54, 1.807) is 11.4 Å². The van der Waals surface area contributed by atoms with E-state index in [0.717, 1.165) is 4.47 Å². The van der Waals surface area contributed by atoms with Crippen LogP contribution in [0.15, 0.2) is 34.1 Å². The van der Waals surface area contributed by atoms with E-state index in [4.69, 9.17) is 5.73 Å². The van der Waals surface area contributed by atoms with Crippen LogP contribution in [0.5, 0.6) is 0 Å². The summed E-state index contributed by atoms with van der Waals surface area (Å²) in [6, 6.07) is 5.63. The number of hydrogen-bond donors (Lipinski definition) is 2. The number of hydrogen-bond acceptors (Lipinski definition) is 3. The number of rotatable bonds is 2. The summed E-state index contributed by atoms with van der Waals surface area (Å²) in [5, 5.41) is 4.43. The van der Waals surface area contributed by atoms with Gasteiger partial charge in [-0.3, -0.25) is 4.79 Å². The van der Waals surface area contributed by atoms with Crippen molar-refractivity contribution in [3.8, 4) is 0 Å². The fraction of sp³-hybridized carbons (Fsp3) is 0. The highest BCUT2D eigenvalue weighted by Crippen LogP contribution is 2.25. The maximum absolute atomic E-state index is 12.8. The molecular weight excluding hydrogens is 307 g/mol. The van der Waals surface area contributed by atoms with Gasteiger partial charge in [-0.15, -0.1) is 11.3 Å². The fourth-order valence-electron chi connectivity index (χ4n) is 1.28. The van der Waals surface area contributed by atoms with Crippen molar-refractivity contribution >= 4 is 44.5 Å². The Balaban J connectivity index is 2.22. The molecule has 0 radical (unpaired) electrons. The summed E-state index contributed by atoms with van der Waals surface area (Å²) >= 11 is 4.58. The second-order valence-electron chi connectivity index (χ2n) is 3.28. The summed E-state index contributed by atoms with van der Waals surface area (Å²) < 4.78 is 13.5. The molecule has 1 aromatic heterocycles. The number of nitrogens with two attached hydrogens (primary N) is 1. The van der Waals surface area contributed by atoms with E-state index in [1.807, 2.05) is 0 Å². The number of carbonyl (C=O) groups is 1. The molecule has 6 heteroatoms. The van der Waals surface area contributed by atoms with Crippen LogP contribution in [0.3, 0.4) is 0 Å². The van der Waals surface area contributed by atoms with Crippen molar-refractivity contribution in [2.45, 2.75) is 0 Å². The Hall–Kier alpha value is -1.40. The van der Waals surface area contributed by atoms with Gasteiger partial charge in [0.25, 0.3) is 5.91 Å². The Morgan fingerprint density at radius 2 is 2.18 bits per heavy atom. The first-order valence-electron chi connectivity index (χ1n) is 4.67. The van der Waals surface area contributed by atoms with Crippen molar-refractivity contribution in [1.29, 1.82) is 0 Å². The molecule has 0 bridgehead atoms. The van der Waals surface area contributed by atoms with E-state index in [0.29, 0.717) is 10.6 Å². The van der Waals surface area contributed by atoms with Gasteiger partial charge in [-0.05, 0) is 45.6 Å². The van der Waals surface area contributed by atoms with Gasteiger partial charge in [0.1, 0.15) is 10.7 Å². The number of halogens is 2. The zero-order chi connectivity index (χ0) is 12.4. The summed E-state index contributed by atoms with van der Waals surface area (Å²) in [5.74, 6) is -0.706. The first-order valence-corrected chi connectivity index (χ1v) is 6.34. The molecule has 88 valence electrons. The highest BCUT2D eigenvalue weighted by Gasteiger charge is 2.12. The third-order valence-electron chi connectivity index (χ3n) is 2.09. The molecule has 0 fully saturated rings. The molecule has 17 heavy (non-hydrogen) atoms. The predicted octanol–water partition coefficient (Wildman–Crippen LogP) is 3.48. The zero-order valence-corrected chi connectivity index (χ0v) is 10.9. The standard InChI is InChI=1S/C11H8BrFN2OS/c12-7-3-4-17-10(7)11(16)15-9-2-1-6(13)5-8(9)14/h1-5H,14H2,(H,15,16). The van der Waals surface area contributed by atoms with Crippen LogP contribution in [0, 0.1) is 5.82 Å². The number of anilines is 2. The van der Waals surface area contributed by atoms with Gasteiger partial charge >= 0.3 is 0 Å². The Kier molecular flexibility index (Phi) is 3.44. The van der Waals surface area contributed by atoms with Crippen LogP contribution < -0.4 is 11.1 Å². The molecule has 0 spiro atoms. The minimum atomic E-state index is -0.433. The summed E-state index contributed by atoms with van der Waals surface area (Å²) in [5.41, 5.74) is 6.20. The van der Waals surface area contributed by atoms with E-state index in [-0.39, 0.29) is 11.6 Å². The van der Waals surface area contributed by atoms with E-state index in [1.165, 1.54) is 29.5 Å². The average Bonchev–Trinajstić information content (AvgIpc) is 2.68. The lowest BCUT2D eigenvalue weighted by Gasteiger charge is -2.07. The van der Waals surface area contributed by atoms with Gasteiger partial charge in [-0.2, -0.15) is 0 Å². The molecule has 3 nitrogen and oxygen atoms in total. The van der Waals surface area contributed by atoms with Gasteiger partial charge in [-0.25, -0.2) is 4.39 Å². The number of benzene rings is 1. The molecule has 1 aromatic carbocycles. The van der Waals surface area contributed by atoms with Gasteiger partial charge in [0, 0.05) is 4.47 Å². The normalized spacial score (nSPS) is 10.2. The van der Waals surface area contributed by atoms with Crippen LogP contribution in [0.2, 0.25) is 0 Å². The molecule has 0 saturated carbocycles. The molecule has 0 aliphatic rings.